The first-order chi connectivity index (χ1) is 14.8. The zero-order valence-electron chi connectivity index (χ0n) is 16.3. The number of aromatic nitrogens is 4. The summed E-state index contributed by atoms with van der Waals surface area (Å²) in [5.74, 6) is 1.29. The molecule has 4 aromatic rings. The van der Waals surface area contributed by atoms with Gasteiger partial charge in [-0.05, 0) is 25.0 Å². The summed E-state index contributed by atoms with van der Waals surface area (Å²) >= 11 is 1.48. The van der Waals surface area contributed by atoms with Crippen molar-refractivity contribution in [2.75, 3.05) is 5.32 Å². The van der Waals surface area contributed by atoms with Crippen LogP contribution in [0.5, 0.6) is 0 Å². The SMILES string of the molecule is O=C(Nc1ccnn1C1CCCC1)c1oc2ccccc2c1CSc1ncccn1. The number of hydrogen-bond donors (Lipinski definition) is 1. The Balaban J connectivity index is 1.43. The number of hydrogen-bond acceptors (Lipinski definition) is 6. The van der Waals surface area contributed by atoms with Gasteiger partial charge in [0.05, 0.1) is 12.2 Å². The molecule has 1 fully saturated rings. The maximum Gasteiger partial charge on any atom is 0.292 e. The van der Waals surface area contributed by atoms with Crippen LogP contribution >= 0.6 is 11.8 Å². The summed E-state index contributed by atoms with van der Waals surface area (Å²) in [6, 6.07) is 11.7. The molecule has 3 aromatic heterocycles. The molecule has 152 valence electrons. The van der Waals surface area contributed by atoms with Gasteiger partial charge in [0.1, 0.15) is 11.4 Å². The molecule has 1 amide bonds. The molecule has 1 N–H and O–H groups in total. The Hall–Kier alpha value is -3.13. The molecule has 1 aliphatic rings. The van der Waals surface area contributed by atoms with E-state index in [0.717, 1.165) is 23.8 Å². The van der Waals surface area contributed by atoms with Gasteiger partial charge in [0.15, 0.2) is 10.9 Å². The first-order valence-electron chi connectivity index (χ1n) is 10.0. The maximum atomic E-state index is 13.2. The minimum Gasteiger partial charge on any atom is -0.451 e. The average Bonchev–Trinajstić information content (AvgIpc) is 3.52. The molecule has 1 aromatic carbocycles. The van der Waals surface area contributed by atoms with Crippen molar-refractivity contribution in [2.24, 2.45) is 0 Å². The number of carbonyl (C=O) groups is 1. The van der Waals surface area contributed by atoms with Gasteiger partial charge in [-0.1, -0.05) is 42.8 Å². The van der Waals surface area contributed by atoms with E-state index in [9.17, 15) is 4.79 Å². The third-order valence-electron chi connectivity index (χ3n) is 5.37. The molecule has 0 aliphatic heterocycles. The van der Waals surface area contributed by atoms with Crippen molar-refractivity contribution in [3.63, 3.8) is 0 Å². The predicted octanol–water partition coefficient (Wildman–Crippen LogP) is 5.08. The average molecular weight is 420 g/mol. The quantitative estimate of drug-likeness (QED) is 0.346. The van der Waals surface area contributed by atoms with Crippen molar-refractivity contribution < 1.29 is 9.21 Å². The van der Waals surface area contributed by atoms with Gasteiger partial charge < -0.3 is 9.73 Å². The lowest BCUT2D eigenvalue weighted by atomic mass is 10.1. The molecular weight excluding hydrogens is 398 g/mol. The highest BCUT2D eigenvalue weighted by Crippen LogP contribution is 2.33. The number of anilines is 1. The molecule has 0 atom stereocenters. The smallest absolute Gasteiger partial charge is 0.292 e. The molecule has 30 heavy (non-hydrogen) atoms. The number of thioether (sulfide) groups is 1. The van der Waals surface area contributed by atoms with Crippen molar-refractivity contribution in [1.29, 1.82) is 0 Å². The Morgan fingerprint density at radius 1 is 1.10 bits per heavy atom. The molecule has 8 heteroatoms. The van der Waals surface area contributed by atoms with Crippen molar-refractivity contribution in [3.05, 3.63) is 66.3 Å². The van der Waals surface area contributed by atoms with Gasteiger partial charge in [-0.3, -0.25) is 4.79 Å². The number of furan rings is 1. The summed E-state index contributed by atoms with van der Waals surface area (Å²) < 4.78 is 7.90. The van der Waals surface area contributed by atoms with E-state index in [4.69, 9.17) is 4.42 Å². The standard InChI is InChI=1S/C22H21N5O2S/c28-21(26-19-10-13-25-27(19)15-6-1-2-7-15)20-17(14-30-22-23-11-5-12-24-22)16-8-3-4-9-18(16)29-20/h3-5,8-13,15H,1-2,6-7,14H2,(H,26,28). The number of fused-ring (bicyclic) bond motifs is 1. The van der Waals surface area contributed by atoms with Crippen LogP contribution in [0.2, 0.25) is 0 Å². The van der Waals surface area contributed by atoms with Gasteiger partial charge in [0, 0.05) is 35.2 Å². The Morgan fingerprint density at radius 2 is 1.90 bits per heavy atom. The number of amides is 1. The van der Waals surface area contributed by atoms with E-state index in [1.165, 1.54) is 24.6 Å². The third kappa shape index (κ3) is 3.70. The van der Waals surface area contributed by atoms with Crippen LogP contribution in [0.4, 0.5) is 5.82 Å². The van der Waals surface area contributed by atoms with Crippen LogP contribution in [0.1, 0.15) is 47.8 Å². The van der Waals surface area contributed by atoms with E-state index in [1.807, 2.05) is 35.0 Å². The van der Waals surface area contributed by atoms with E-state index in [-0.39, 0.29) is 5.91 Å². The first kappa shape index (κ1) is 18.9. The fourth-order valence-electron chi connectivity index (χ4n) is 3.95. The highest BCUT2D eigenvalue weighted by atomic mass is 32.2. The molecule has 0 bridgehead atoms. The van der Waals surface area contributed by atoms with E-state index < -0.39 is 0 Å². The molecule has 3 heterocycles. The number of benzene rings is 1. The first-order valence-corrected chi connectivity index (χ1v) is 11.0. The van der Waals surface area contributed by atoms with Gasteiger partial charge in [0.2, 0.25) is 0 Å². The van der Waals surface area contributed by atoms with E-state index in [2.05, 4.69) is 20.4 Å². The van der Waals surface area contributed by atoms with Crippen LogP contribution in [-0.2, 0) is 5.75 Å². The van der Waals surface area contributed by atoms with Crippen LogP contribution in [0.15, 0.2) is 64.6 Å². The summed E-state index contributed by atoms with van der Waals surface area (Å²) in [4.78, 5) is 21.7. The molecular formula is C22H21N5O2S. The lowest BCUT2D eigenvalue weighted by Gasteiger charge is -2.14. The molecule has 1 saturated carbocycles. The largest absolute Gasteiger partial charge is 0.451 e. The Bertz CT molecular complexity index is 1160. The normalized spacial score (nSPS) is 14.4. The number of carbonyl (C=O) groups excluding carboxylic acids is 1. The lowest BCUT2D eigenvalue weighted by molar-refractivity contribution is 0.0996. The van der Waals surface area contributed by atoms with Gasteiger partial charge in [-0.15, -0.1) is 0 Å². The van der Waals surface area contributed by atoms with Crippen molar-refractivity contribution >= 4 is 34.5 Å². The molecule has 1 aliphatic carbocycles. The second-order valence-electron chi connectivity index (χ2n) is 7.28. The monoisotopic (exact) mass is 419 g/mol. The number of rotatable bonds is 6. The Morgan fingerprint density at radius 3 is 2.73 bits per heavy atom. The van der Waals surface area contributed by atoms with Crippen LogP contribution in [0.25, 0.3) is 11.0 Å². The summed E-state index contributed by atoms with van der Waals surface area (Å²) in [6.45, 7) is 0. The van der Waals surface area contributed by atoms with E-state index in [0.29, 0.717) is 34.1 Å². The zero-order valence-corrected chi connectivity index (χ0v) is 17.1. The van der Waals surface area contributed by atoms with Crippen LogP contribution in [0.3, 0.4) is 0 Å². The lowest BCUT2D eigenvalue weighted by Crippen LogP contribution is -2.18. The number of nitrogens with zero attached hydrogens (tertiary/aromatic N) is 4. The van der Waals surface area contributed by atoms with Crippen molar-refractivity contribution in [1.82, 2.24) is 19.7 Å². The van der Waals surface area contributed by atoms with Gasteiger partial charge >= 0.3 is 0 Å². The molecule has 0 saturated heterocycles. The topological polar surface area (TPSA) is 85.8 Å². The molecule has 5 rings (SSSR count). The highest BCUT2D eigenvalue weighted by Gasteiger charge is 2.24. The Labute approximate surface area is 177 Å². The van der Waals surface area contributed by atoms with Gasteiger partial charge in [-0.25, -0.2) is 14.6 Å². The molecule has 0 spiro atoms. The maximum absolute atomic E-state index is 13.2. The minimum atomic E-state index is -0.268. The van der Waals surface area contributed by atoms with Crippen molar-refractivity contribution in [3.8, 4) is 0 Å². The van der Waals surface area contributed by atoms with Crippen LogP contribution in [-0.4, -0.2) is 25.7 Å². The second kappa shape index (κ2) is 8.31. The van der Waals surface area contributed by atoms with E-state index >= 15 is 0 Å². The number of nitrogens with one attached hydrogen (secondary N) is 1. The summed E-state index contributed by atoms with van der Waals surface area (Å²) in [6.07, 6.45) is 9.73. The number of para-hydroxylation sites is 1. The molecule has 7 nitrogen and oxygen atoms in total. The van der Waals surface area contributed by atoms with Gasteiger partial charge in [0.25, 0.3) is 5.91 Å². The molecule has 0 radical (unpaired) electrons. The fraction of sp³-hybridized carbons (Fsp3) is 0.273. The molecule has 0 unspecified atom stereocenters. The third-order valence-corrected chi connectivity index (χ3v) is 6.28. The summed E-state index contributed by atoms with van der Waals surface area (Å²) in [7, 11) is 0. The van der Waals surface area contributed by atoms with Crippen LogP contribution < -0.4 is 5.32 Å². The second-order valence-corrected chi connectivity index (χ2v) is 8.22. The Kier molecular flexibility index (Phi) is 5.23. The zero-order chi connectivity index (χ0) is 20.3. The van der Waals surface area contributed by atoms with Crippen LogP contribution in [0, 0.1) is 0 Å². The van der Waals surface area contributed by atoms with Gasteiger partial charge in [-0.2, -0.15) is 5.10 Å². The minimum absolute atomic E-state index is 0.268. The summed E-state index contributed by atoms with van der Waals surface area (Å²) in [5, 5.41) is 9.03. The highest BCUT2D eigenvalue weighted by molar-refractivity contribution is 7.98. The fourth-order valence-corrected chi connectivity index (χ4v) is 4.78. The summed E-state index contributed by atoms with van der Waals surface area (Å²) in [5.41, 5.74) is 1.53. The predicted molar refractivity (Wildman–Crippen MR) is 115 cm³/mol. The van der Waals surface area contributed by atoms with Crippen molar-refractivity contribution in [2.45, 2.75) is 42.6 Å². The van der Waals surface area contributed by atoms with E-state index in [1.54, 1.807) is 24.7 Å².